The van der Waals surface area contributed by atoms with Crippen molar-refractivity contribution in [3.8, 4) is 0 Å². The summed E-state index contributed by atoms with van der Waals surface area (Å²) in [5.41, 5.74) is 1.75. The number of hydrogen-bond donors (Lipinski definition) is 2. The van der Waals surface area contributed by atoms with Crippen molar-refractivity contribution in [2.24, 2.45) is 11.8 Å². The number of urea groups is 2. The van der Waals surface area contributed by atoms with Gasteiger partial charge in [0.1, 0.15) is 0 Å². The lowest BCUT2D eigenvalue weighted by molar-refractivity contribution is 0.154. The molecule has 2 atom stereocenters. The van der Waals surface area contributed by atoms with E-state index in [2.05, 4.69) is 24.5 Å². The second kappa shape index (κ2) is 7.11. The van der Waals surface area contributed by atoms with Gasteiger partial charge in [-0.15, -0.1) is 0 Å². The molecule has 2 aliphatic rings. The second-order valence-electron chi connectivity index (χ2n) is 6.93. The molecule has 6 nitrogen and oxygen atoms in total. The van der Waals surface area contributed by atoms with Gasteiger partial charge in [-0.2, -0.15) is 0 Å². The third kappa shape index (κ3) is 3.63. The SMILES string of the molecule is C[C@@H]1CCN(C(=O)Nc2ccccc2CN2CCNC2=O)C[C@H]1C. The Morgan fingerprint density at radius 3 is 2.75 bits per heavy atom. The first-order valence-electron chi connectivity index (χ1n) is 8.71. The predicted octanol–water partition coefficient (Wildman–Crippen LogP) is 2.72. The van der Waals surface area contributed by atoms with Crippen molar-refractivity contribution in [2.45, 2.75) is 26.8 Å². The van der Waals surface area contributed by atoms with E-state index < -0.39 is 0 Å². The molecule has 1 aromatic carbocycles. The van der Waals surface area contributed by atoms with Crippen LogP contribution in [0.2, 0.25) is 0 Å². The van der Waals surface area contributed by atoms with Crippen LogP contribution < -0.4 is 10.6 Å². The molecule has 0 spiro atoms. The van der Waals surface area contributed by atoms with Crippen molar-refractivity contribution >= 4 is 17.7 Å². The van der Waals surface area contributed by atoms with Gasteiger partial charge in [0, 0.05) is 38.4 Å². The number of rotatable bonds is 3. The summed E-state index contributed by atoms with van der Waals surface area (Å²) in [5.74, 6) is 1.18. The molecule has 6 heteroatoms. The van der Waals surface area contributed by atoms with Gasteiger partial charge in [-0.05, 0) is 29.9 Å². The first kappa shape index (κ1) is 16.6. The molecular weight excluding hydrogens is 304 g/mol. The highest BCUT2D eigenvalue weighted by molar-refractivity contribution is 5.90. The number of nitrogens with zero attached hydrogens (tertiary/aromatic N) is 2. The Hall–Kier alpha value is -2.24. The predicted molar refractivity (Wildman–Crippen MR) is 93.8 cm³/mol. The van der Waals surface area contributed by atoms with E-state index in [0.29, 0.717) is 31.5 Å². The van der Waals surface area contributed by atoms with Gasteiger partial charge in [0.15, 0.2) is 0 Å². The lowest BCUT2D eigenvalue weighted by atomic mass is 9.89. The molecule has 0 saturated carbocycles. The summed E-state index contributed by atoms with van der Waals surface area (Å²) in [6, 6.07) is 7.61. The maximum absolute atomic E-state index is 12.6. The highest BCUT2D eigenvalue weighted by Gasteiger charge is 2.26. The van der Waals surface area contributed by atoms with Gasteiger partial charge in [-0.1, -0.05) is 32.0 Å². The molecule has 1 aromatic rings. The van der Waals surface area contributed by atoms with E-state index in [1.54, 1.807) is 4.90 Å². The number of piperidine rings is 1. The van der Waals surface area contributed by atoms with Crippen LogP contribution in [0.4, 0.5) is 15.3 Å². The zero-order chi connectivity index (χ0) is 17.1. The van der Waals surface area contributed by atoms with Gasteiger partial charge in [0.2, 0.25) is 0 Å². The Bertz CT molecular complexity index is 619. The van der Waals surface area contributed by atoms with Crippen molar-refractivity contribution in [3.05, 3.63) is 29.8 Å². The Morgan fingerprint density at radius 1 is 1.25 bits per heavy atom. The largest absolute Gasteiger partial charge is 0.336 e. The molecule has 0 radical (unpaired) electrons. The van der Waals surface area contributed by atoms with E-state index in [-0.39, 0.29) is 12.1 Å². The molecule has 2 saturated heterocycles. The number of carbonyl (C=O) groups is 2. The smallest absolute Gasteiger partial charge is 0.321 e. The van der Waals surface area contributed by atoms with Crippen LogP contribution >= 0.6 is 0 Å². The minimum Gasteiger partial charge on any atom is -0.336 e. The summed E-state index contributed by atoms with van der Waals surface area (Å²) in [6.07, 6.45) is 1.05. The quantitative estimate of drug-likeness (QED) is 0.895. The minimum atomic E-state index is -0.0490. The fourth-order valence-corrected chi connectivity index (χ4v) is 3.29. The molecule has 0 unspecified atom stereocenters. The number of nitrogens with one attached hydrogen (secondary N) is 2. The molecule has 4 amide bonds. The number of benzene rings is 1. The Labute approximate surface area is 143 Å². The molecule has 24 heavy (non-hydrogen) atoms. The van der Waals surface area contributed by atoms with E-state index in [0.717, 1.165) is 30.8 Å². The minimum absolute atomic E-state index is 0.0463. The normalized spacial score (nSPS) is 24.0. The van der Waals surface area contributed by atoms with Gasteiger partial charge in [-0.25, -0.2) is 9.59 Å². The van der Waals surface area contributed by atoms with Crippen molar-refractivity contribution < 1.29 is 9.59 Å². The summed E-state index contributed by atoms with van der Waals surface area (Å²) in [6.45, 7) is 7.92. The first-order chi connectivity index (χ1) is 11.5. The number of para-hydroxylation sites is 1. The van der Waals surface area contributed by atoms with Crippen molar-refractivity contribution in [2.75, 3.05) is 31.5 Å². The standard InChI is InChI=1S/C18H26N4O2/c1-13-7-9-21(11-14(13)2)18(24)20-16-6-4-3-5-15(16)12-22-10-8-19-17(22)23/h3-6,13-14H,7-12H2,1-2H3,(H,19,23)(H,20,24)/t13-,14-/m1/s1. The van der Waals surface area contributed by atoms with Gasteiger partial charge < -0.3 is 20.4 Å². The molecule has 2 aliphatic heterocycles. The van der Waals surface area contributed by atoms with Gasteiger partial charge >= 0.3 is 12.1 Å². The highest BCUT2D eigenvalue weighted by atomic mass is 16.2. The van der Waals surface area contributed by atoms with Crippen molar-refractivity contribution in [1.82, 2.24) is 15.1 Å². The van der Waals surface area contributed by atoms with E-state index in [1.807, 2.05) is 29.2 Å². The van der Waals surface area contributed by atoms with Crippen LogP contribution in [0.25, 0.3) is 0 Å². The van der Waals surface area contributed by atoms with E-state index in [9.17, 15) is 9.59 Å². The number of hydrogen-bond acceptors (Lipinski definition) is 2. The molecule has 0 bridgehead atoms. The summed E-state index contributed by atoms with van der Waals surface area (Å²) >= 11 is 0. The molecule has 3 rings (SSSR count). The third-order valence-electron chi connectivity index (χ3n) is 5.19. The lowest BCUT2D eigenvalue weighted by Gasteiger charge is -2.35. The molecule has 0 aliphatic carbocycles. The van der Waals surface area contributed by atoms with Crippen LogP contribution in [0.5, 0.6) is 0 Å². The second-order valence-corrected chi connectivity index (χ2v) is 6.93. The van der Waals surface area contributed by atoms with Crippen LogP contribution in [0, 0.1) is 11.8 Å². The van der Waals surface area contributed by atoms with E-state index in [1.165, 1.54) is 0 Å². The van der Waals surface area contributed by atoms with Gasteiger partial charge in [0.05, 0.1) is 0 Å². The van der Waals surface area contributed by atoms with Gasteiger partial charge in [0.25, 0.3) is 0 Å². The Kier molecular flexibility index (Phi) is 4.92. The Morgan fingerprint density at radius 2 is 2.04 bits per heavy atom. The first-order valence-corrected chi connectivity index (χ1v) is 8.71. The van der Waals surface area contributed by atoms with Crippen LogP contribution in [0.3, 0.4) is 0 Å². The summed E-state index contributed by atoms with van der Waals surface area (Å²) in [5, 5.41) is 5.84. The van der Waals surface area contributed by atoms with Crippen LogP contribution in [-0.4, -0.2) is 48.0 Å². The fraction of sp³-hybridized carbons (Fsp3) is 0.556. The summed E-state index contributed by atoms with van der Waals surface area (Å²) in [4.78, 5) is 28.0. The average Bonchev–Trinajstić information content (AvgIpc) is 2.97. The maximum Gasteiger partial charge on any atom is 0.321 e. The maximum atomic E-state index is 12.6. The van der Waals surface area contributed by atoms with E-state index in [4.69, 9.17) is 0 Å². The summed E-state index contributed by atoms with van der Waals surface area (Å²) in [7, 11) is 0. The average molecular weight is 330 g/mol. The van der Waals surface area contributed by atoms with Crippen LogP contribution in [-0.2, 0) is 6.54 Å². The van der Waals surface area contributed by atoms with Crippen LogP contribution in [0.15, 0.2) is 24.3 Å². The zero-order valence-electron chi connectivity index (χ0n) is 14.4. The third-order valence-corrected chi connectivity index (χ3v) is 5.19. The molecule has 0 aromatic heterocycles. The number of amides is 4. The summed E-state index contributed by atoms with van der Waals surface area (Å²) < 4.78 is 0. The molecule has 130 valence electrons. The monoisotopic (exact) mass is 330 g/mol. The topological polar surface area (TPSA) is 64.7 Å². The highest BCUT2D eigenvalue weighted by Crippen LogP contribution is 2.24. The zero-order valence-corrected chi connectivity index (χ0v) is 14.4. The Balaban J connectivity index is 1.66. The van der Waals surface area contributed by atoms with Crippen molar-refractivity contribution in [3.63, 3.8) is 0 Å². The van der Waals surface area contributed by atoms with E-state index >= 15 is 0 Å². The number of likely N-dealkylation sites (tertiary alicyclic amines) is 1. The fourth-order valence-electron chi connectivity index (χ4n) is 3.29. The lowest BCUT2D eigenvalue weighted by Crippen LogP contribution is -2.44. The molecule has 2 N–H and O–H groups in total. The molecule has 2 fully saturated rings. The van der Waals surface area contributed by atoms with Crippen LogP contribution in [0.1, 0.15) is 25.8 Å². The van der Waals surface area contributed by atoms with Crippen molar-refractivity contribution in [1.29, 1.82) is 0 Å². The number of carbonyl (C=O) groups excluding carboxylic acids is 2. The molecular formula is C18H26N4O2. The molecule has 2 heterocycles. The van der Waals surface area contributed by atoms with Gasteiger partial charge in [-0.3, -0.25) is 0 Å². The number of anilines is 1.